The largest absolute Gasteiger partial charge is 0.497 e. The zero-order valence-corrected chi connectivity index (χ0v) is 14.2. The Morgan fingerprint density at radius 2 is 1.65 bits per heavy atom. The predicted molar refractivity (Wildman–Crippen MR) is 92.1 cm³/mol. The van der Waals surface area contributed by atoms with E-state index in [1.54, 1.807) is 7.11 Å². The van der Waals surface area contributed by atoms with Crippen molar-refractivity contribution in [3.63, 3.8) is 0 Å². The van der Waals surface area contributed by atoms with Crippen molar-refractivity contribution in [1.29, 1.82) is 5.26 Å². The molecule has 0 heterocycles. The number of methoxy groups -OCH3 is 1. The monoisotopic (exact) mass is 309 g/mol. The molecule has 0 aliphatic rings. The highest BCUT2D eigenvalue weighted by molar-refractivity contribution is 5.41. The Morgan fingerprint density at radius 3 is 2.26 bits per heavy atom. The van der Waals surface area contributed by atoms with Crippen molar-refractivity contribution in [2.45, 2.75) is 33.1 Å². The molecule has 0 fully saturated rings. The smallest absolute Gasteiger partial charge is 0.122 e. The summed E-state index contributed by atoms with van der Waals surface area (Å²) >= 11 is 0. The van der Waals surface area contributed by atoms with Gasteiger partial charge in [0, 0.05) is 6.42 Å². The standard InChI is InChI=1S/C20H23NO2/c1-14-11-16(3)20(12-15(14)2)23-10-9-18(13-21)17-5-7-19(22-4)8-6-17/h5-8,11-12,18H,9-10H2,1-4H3. The van der Waals surface area contributed by atoms with Crippen molar-refractivity contribution in [3.8, 4) is 17.6 Å². The van der Waals surface area contributed by atoms with Crippen LogP contribution in [0.1, 0.15) is 34.6 Å². The van der Waals surface area contributed by atoms with Gasteiger partial charge >= 0.3 is 0 Å². The van der Waals surface area contributed by atoms with Crippen molar-refractivity contribution in [2.75, 3.05) is 13.7 Å². The average Bonchev–Trinajstić information content (AvgIpc) is 2.56. The maximum atomic E-state index is 9.40. The summed E-state index contributed by atoms with van der Waals surface area (Å²) in [6, 6.07) is 14.2. The van der Waals surface area contributed by atoms with Gasteiger partial charge in [-0.2, -0.15) is 5.26 Å². The Kier molecular flexibility index (Phi) is 5.65. The highest BCUT2D eigenvalue weighted by atomic mass is 16.5. The fraction of sp³-hybridized carbons (Fsp3) is 0.350. The molecule has 0 saturated heterocycles. The van der Waals surface area contributed by atoms with Gasteiger partial charge in [-0.05, 0) is 61.2 Å². The molecule has 0 aliphatic heterocycles. The van der Waals surface area contributed by atoms with Crippen LogP contribution in [-0.4, -0.2) is 13.7 Å². The number of nitrogens with zero attached hydrogens (tertiary/aromatic N) is 1. The normalized spacial score (nSPS) is 11.6. The fourth-order valence-electron chi connectivity index (χ4n) is 2.52. The van der Waals surface area contributed by atoms with E-state index in [2.05, 4.69) is 32.0 Å². The molecule has 3 nitrogen and oxygen atoms in total. The third-order valence-electron chi connectivity index (χ3n) is 4.13. The van der Waals surface area contributed by atoms with E-state index < -0.39 is 0 Å². The SMILES string of the molecule is COc1ccc(C(C#N)CCOc2cc(C)c(C)cc2C)cc1. The molecule has 120 valence electrons. The van der Waals surface area contributed by atoms with Gasteiger partial charge in [0.2, 0.25) is 0 Å². The van der Waals surface area contributed by atoms with Crippen LogP contribution in [0.3, 0.4) is 0 Å². The molecule has 2 aromatic carbocycles. The zero-order valence-electron chi connectivity index (χ0n) is 14.2. The van der Waals surface area contributed by atoms with Gasteiger partial charge in [0.25, 0.3) is 0 Å². The molecule has 0 spiro atoms. The van der Waals surface area contributed by atoms with Crippen LogP contribution in [0.5, 0.6) is 11.5 Å². The molecule has 3 heteroatoms. The topological polar surface area (TPSA) is 42.2 Å². The van der Waals surface area contributed by atoms with E-state index in [-0.39, 0.29) is 5.92 Å². The second-order valence-electron chi connectivity index (χ2n) is 5.79. The minimum atomic E-state index is -0.173. The molecule has 0 aromatic heterocycles. The summed E-state index contributed by atoms with van der Waals surface area (Å²) in [5, 5.41) is 9.40. The first-order chi connectivity index (χ1) is 11.0. The summed E-state index contributed by atoms with van der Waals surface area (Å²) in [6.07, 6.45) is 0.662. The van der Waals surface area contributed by atoms with E-state index in [1.165, 1.54) is 11.1 Å². The summed E-state index contributed by atoms with van der Waals surface area (Å²) in [7, 11) is 1.64. The summed E-state index contributed by atoms with van der Waals surface area (Å²) in [5.74, 6) is 1.53. The Morgan fingerprint density at radius 1 is 1.00 bits per heavy atom. The summed E-state index contributed by atoms with van der Waals surface area (Å²) in [5.41, 5.74) is 4.61. The van der Waals surface area contributed by atoms with Crippen LogP contribution in [0.4, 0.5) is 0 Å². The number of aryl methyl sites for hydroxylation is 3. The predicted octanol–water partition coefficient (Wildman–Crippen LogP) is 4.70. The van der Waals surface area contributed by atoms with Gasteiger partial charge in [-0.25, -0.2) is 0 Å². The average molecular weight is 309 g/mol. The van der Waals surface area contributed by atoms with Crippen molar-refractivity contribution in [2.24, 2.45) is 0 Å². The third-order valence-corrected chi connectivity index (χ3v) is 4.13. The van der Waals surface area contributed by atoms with Crippen LogP contribution in [0, 0.1) is 32.1 Å². The minimum absolute atomic E-state index is 0.173. The van der Waals surface area contributed by atoms with Gasteiger partial charge in [0.05, 0.1) is 25.7 Å². The molecule has 0 radical (unpaired) electrons. The summed E-state index contributed by atoms with van der Waals surface area (Å²) in [6.45, 7) is 6.75. The molecule has 0 amide bonds. The Bertz CT molecular complexity index is 699. The molecule has 0 N–H and O–H groups in total. The molecule has 0 aliphatic carbocycles. The maximum absolute atomic E-state index is 9.40. The molecule has 2 aromatic rings. The molecular formula is C20H23NO2. The first-order valence-corrected chi connectivity index (χ1v) is 7.79. The molecule has 1 unspecified atom stereocenters. The number of hydrogen-bond acceptors (Lipinski definition) is 3. The number of ether oxygens (including phenoxy) is 2. The summed E-state index contributed by atoms with van der Waals surface area (Å²) < 4.78 is 11.0. The van der Waals surface area contributed by atoms with Gasteiger partial charge in [-0.1, -0.05) is 18.2 Å². The Balaban J connectivity index is 1.98. The van der Waals surface area contributed by atoms with Gasteiger partial charge in [-0.15, -0.1) is 0 Å². The van der Waals surface area contributed by atoms with E-state index in [4.69, 9.17) is 9.47 Å². The van der Waals surface area contributed by atoms with E-state index >= 15 is 0 Å². The van der Waals surface area contributed by atoms with Crippen molar-refractivity contribution in [1.82, 2.24) is 0 Å². The molecule has 0 bridgehead atoms. The fourth-order valence-corrected chi connectivity index (χ4v) is 2.52. The lowest BCUT2D eigenvalue weighted by molar-refractivity contribution is 0.303. The Hall–Kier alpha value is -2.47. The maximum Gasteiger partial charge on any atom is 0.122 e. The zero-order chi connectivity index (χ0) is 16.8. The first kappa shape index (κ1) is 16.9. The van der Waals surface area contributed by atoms with Crippen LogP contribution in [0.25, 0.3) is 0 Å². The van der Waals surface area contributed by atoms with Crippen molar-refractivity contribution >= 4 is 0 Å². The Labute approximate surface area is 138 Å². The van der Waals surface area contributed by atoms with Gasteiger partial charge in [0.1, 0.15) is 11.5 Å². The quantitative estimate of drug-likeness (QED) is 0.777. The van der Waals surface area contributed by atoms with E-state index in [0.29, 0.717) is 13.0 Å². The lowest BCUT2D eigenvalue weighted by Crippen LogP contribution is -2.05. The van der Waals surface area contributed by atoms with Crippen molar-refractivity contribution in [3.05, 3.63) is 58.7 Å². The van der Waals surface area contributed by atoms with Crippen LogP contribution >= 0.6 is 0 Å². The van der Waals surface area contributed by atoms with E-state index in [1.807, 2.05) is 31.2 Å². The highest BCUT2D eigenvalue weighted by Gasteiger charge is 2.12. The first-order valence-electron chi connectivity index (χ1n) is 7.79. The third kappa shape index (κ3) is 4.26. The molecular weight excluding hydrogens is 286 g/mol. The summed E-state index contributed by atoms with van der Waals surface area (Å²) in [4.78, 5) is 0. The van der Waals surface area contributed by atoms with Gasteiger partial charge < -0.3 is 9.47 Å². The highest BCUT2D eigenvalue weighted by Crippen LogP contribution is 2.25. The van der Waals surface area contributed by atoms with Crippen LogP contribution in [0.15, 0.2) is 36.4 Å². The van der Waals surface area contributed by atoms with Crippen LogP contribution < -0.4 is 9.47 Å². The number of benzene rings is 2. The lowest BCUT2D eigenvalue weighted by atomic mass is 9.97. The van der Waals surface area contributed by atoms with Crippen LogP contribution in [0.2, 0.25) is 0 Å². The second-order valence-corrected chi connectivity index (χ2v) is 5.79. The molecule has 0 saturated carbocycles. The minimum Gasteiger partial charge on any atom is -0.497 e. The van der Waals surface area contributed by atoms with Gasteiger partial charge in [0.15, 0.2) is 0 Å². The molecule has 1 atom stereocenters. The van der Waals surface area contributed by atoms with Gasteiger partial charge in [-0.3, -0.25) is 0 Å². The van der Waals surface area contributed by atoms with E-state index in [9.17, 15) is 5.26 Å². The number of hydrogen-bond donors (Lipinski definition) is 0. The molecule has 23 heavy (non-hydrogen) atoms. The second kappa shape index (κ2) is 7.69. The lowest BCUT2D eigenvalue weighted by Gasteiger charge is -2.14. The molecule has 2 rings (SSSR count). The van der Waals surface area contributed by atoms with Crippen molar-refractivity contribution < 1.29 is 9.47 Å². The van der Waals surface area contributed by atoms with Crippen LogP contribution in [-0.2, 0) is 0 Å². The van der Waals surface area contributed by atoms with E-state index in [0.717, 1.165) is 22.6 Å². The number of rotatable bonds is 6. The number of nitriles is 1.